The van der Waals surface area contributed by atoms with Crippen LogP contribution < -0.4 is 0 Å². The summed E-state index contributed by atoms with van der Waals surface area (Å²) in [6.07, 6.45) is 0.898. The van der Waals surface area contributed by atoms with Crippen molar-refractivity contribution >= 4 is 33.4 Å². The highest BCUT2D eigenvalue weighted by Gasteiger charge is 2.26. The molecule has 0 aromatic heterocycles. The molecule has 2 rings (SSSR count). The third-order valence-corrected chi connectivity index (χ3v) is 4.08. The standard InChI is InChI=1S/C12H13BrClNO/c1-7(2)15-4-3-8-5-10(13)11(14)6-9(8)12(15)16/h5-7H,3-4H2,1-2H3. The van der Waals surface area contributed by atoms with Crippen molar-refractivity contribution in [2.75, 3.05) is 6.54 Å². The molecule has 86 valence electrons. The fourth-order valence-corrected chi connectivity index (χ4v) is 2.54. The van der Waals surface area contributed by atoms with Gasteiger partial charge in [-0.1, -0.05) is 11.6 Å². The molecule has 0 spiro atoms. The minimum absolute atomic E-state index is 0.0886. The van der Waals surface area contributed by atoms with Crippen LogP contribution in [-0.2, 0) is 6.42 Å². The van der Waals surface area contributed by atoms with Gasteiger partial charge in [-0.25, -0.2) is 0 Å². The molecule has 0 saturated heterocycles. The van der Waals surface area contributed by atoms with E-state index in [1.807, 2.05) is 24.8 Å². The lowest BCUT2D eigenvalue weighted by atomic mass is 9.98. The first-order chi connectivity index (χ1) is 7.50. The lowest BCUT2D eigenvalue weighted by Gasteiger charge is -2.32. The molecule has 0 N–H and O–H groups in total. The number of nitrogens with zero attached hydrogens (tertiary/aromatic N) is 1. The number of amides is 1. The van der Waals surface area contributed by atoms with Crippen LogP contribution in [0.15, 0.2) is 16.6 Å². The van der Waals surface area contributed by atoms with E-state index in [9.17, 15) is 4.79 Å². The Morgan fingerprint density at radius 2 is 2.12 bits per heavy atom. The fourth-order valence-electron chi connectivity index (χ4n) is 1.98. The van der Waals surface area contributed by atoms with E-state index in [1.165, 1.54) is 0 Å². The zero-order chi connectivity index (χ0) is 11.9. The van der Waals surface area contributed by atoms with E-state index >= 15 is 0 Å². The predicted molar refractivity (Wildman–Crippen MR) is 69.0 cm³/mol. The third-order valence-electron chi connectivity index (χ3n) is 2.88. The van der Waals surface area contributed by atoms with E-state index < -0.39 is 0 Å². The van der Waals surface area contributed by atoms with E-state index in [4.69, 9.17) is 11.6 Å². The summed E-state index contributed by atoms with van der Waals surface area (Å²) < 4.78 is 0.860. The molecule has 0 radical (unpaired) electrons. The van der Waals surface area contributed by atoms with Crippen molar-refractivity contribution in [2.45, 2.75) is 26.3 Å². The number of benzene rings is 1. The number of halogens is 2. The van der Waals surface area contributed by atoms with Crippen molar-refractivity contribution < 1.29 is 4.79 Å². The molecule has 0 aliphatic carbocycles. The van der Waals surface area contributed by atoms with Crippen molar-refractivity contribution in [3.63, 3.8) is 0 Å². The Morgan fingerprint density at radius 3 is 2.75 bits per heavy atom. The number of rotatable bonds is 1. The van der Waals surface area contributed by atoms with Crippen LogP contribution in [0, 0.1) is 0 Å². The molecule has 1 amide bonds. The summed E-state index contributed by atoms with van der Waals surface area (Å²) in [5, 5.41) is 0.595. The van der Waals surface area contributed by atoms with Gasteiger partial charge in [0.25, 0.3) is 5.91 Å². The second kappa shape index (κ2) is 4.38. The summed E-state index contributed by atoms with van der Waals surface area (Å²) in [7, 11) is 0. The Labute approximate surface area is 109 Å². The quantitative estimate of drug-likeness (QED) is 0.777. The van der Waals surface area contributed by atoms with E-state index in [2.05, 4.69) is 15.9 Å². The molecular formula is C12H13BrClNO. The molecule has 1 heterocycles. The van der Waals surface area contributed by atoms with Gasteiger partial charge in [0.05, 0.1) is 5.02 Å². The average molecular weight is 303 g/mol. The zero-order valence-corrected chi connectivity index (χ0v) is 11.6. The fraction of sp³-hybridized carbons (Fsp3) is 0.417. The Kier molecular flexibility index (Phi) is 3.27. The Bertz CT molecular complexity index is 445. The first kappa shape index (κ1) is 11.9. The zero-order valence-electron chi connectivity index (χ0n) is 9.26. The van der Waals surface area contributed by atoms with Gasteiger partial charge in [0.15, 0.2) is 0 Å². The van der Waals surface area contributed by atoms with Crippen molar-refractivity contribution in [3.8, 4) is 0 Å². The van der Waals surface area contributed by atoms with Crippen LogP contribution in [0.25, 0.3) is 0 Å². The molecule has 0 atom stereocenters. The average Bonchev–Trinajstić information content (AvgIpc) is 2.21. The lowest BCUT2D eigenvalue weighted by molar-refractivity contribution is 0.0688. The molecule has 1 aromatic rings. The Hall–Kier alpha value is -0.540. The van der Waals surface area contributed by atoms with Crippen molar-refractivity contribution in [1.29, 1.82) is 0 Å². The number of carbonyl (C=O) groups is 1. The molecule has 16 heavy (non-hydrogen) atoms. The molecule has 1 aliphatic rings. The van der Waals surface area contributed by atoms with Crippen LogP contribution in [-0.4, -0.2) is 23.4 Å². The van der Waals surface area contributed by atoms with Gasteiger partial charge < -0.3 is 4.90 Å². The van der Waals surface area contributed by atoms with Gasteiger partial charge in [0.2, 0.25) is 0 Å². The minimum Gasteiger partial charge on any atom is -0.336 e. The molecule has 0 fully saturated rings. The minimum atomic E-state index is 0.0886. The number of fused-ring (bicyclic) bond motifs is 1. The molecule has 1 aliphatic heterocycles. The lowest BCUT2D eigenvalue weighted by Crippen LogP contribution is -2.42. The summed E-state index contributed by atoms with van der Waals surface area (Å²) in [6, 6.07) is 3.95. The second-order valence-corrected chi connectivity index (χ2v) is 5.53. The topological polar surface area (TPSA) is 20.3 Å². The maximum absolute atomic E-state index is 12.2. The van der Waals surface area contributed by atoms with E-state index in [0.29, 0.717) is 5.02 Å². The summed E-state index contributed by atoms with van der Waals surface area (Å²) in [4.78, 5) is 14.1. The highest BCUT2D eigenvalue weighted by Crippen LogP contribution is 2.30. The molecule has 0 unspecified atom stereocenters. The van der Waals surface area contributed by atoms with Crippen LogP contribution >= 0.6 is 27.5 Å². The Balaban J connectivity index is 2.45. The van der Waals surface area contributed by atoms with Crippen LogP contribution in [0.4, 0.5) is 0 Å². The third kappa shape index (κ3) is 1.98. The summed E-state index contributed by atoms with van der Waals surface area (Å²) in [5.41, 5.74) is 1.83. The first-order valence-corrected chi connectivity index (χ1v) is 6.46. The van der Waals surface area contributed by atoms with Crippen LogP contribution in [0.5, 0.6) is 0 Å². The van der Waals surface area contributed by atoms with Gasteiger partial charge >= 0.3 is 0 Å². The van der Waals surface area contributed by atoms with Crippen molar-refractivity contribution in [2.24, 2.45) is 0 Å². The van der Waals surface area contributed by atoms with Crippen molar-refractivity contribution in [3.05, 3.63) is 32.8 Å². The number of hydrogen-bond donors (Lipinski definition) is 0. The van der Waals surface area contributed by atoms with Gasteiger partial charge in [0.1, 0.15) is 0 Å². The normalized spacial score (nSPS) is 15.6. The predicted octanol–water partition coefficient (Wildman–Crippen LogP) is 3.51. The molecule has 1 aromatic carbocycles. The number of hydrogen-bond acceptors (Lipinski definition) is 1. The van der Waals surface area contributed by atoms with E-state index in [0.717, 1.165) is 28.6 Å². The maximum Gasteiger partial charge on any atom is 0.254 e. The van der Waals surface area contributed by atoms with Crippen LogP contribution in [0.3, 0.4) is 0 Å². The molecule has 0 saturated carbocycles. The molecule has 2 nitrogen and oxygen atoms in total. The Morgan fingerprint density at radius 1 is 1.44 bits per heavy atom. The van der Waals surface area contributed by atoms with Crippen LogP contribution in [0.2, 0.25) is 5.02 Å². The maximum atomic E-state index is 12.2. The molecule has 4 heteroatoms. The van der Waals surface area contributed by atoms with E-state index in [1.54, 1.807) is 6.07 Å². The van der Waals surface area contributed by atoms with Gasteiger partial charge in [0, 0.05) is 22.6 Å². The second-order valence-electron chi connectivity index (χ2n) is 4.27. The molecular weight excluding hydrogens is 289 g/mol. The van der Waals surface area contributed by atoms with Gasteiger partial charge in [-0.2, -0.15) is 0 Å². The SMILES string of the molecule is CC(C)N1CCc2cc(Br)c(Cl)cc2C1=O. The van der Waals surface area contributed by atoms with Gasteiger partial charge in [-0.05, 0) is 53.9 Å². The van der Waals surface area contributed by atoms with Crippen LogP contribution in [0.1, 0.15) is 29.8 Å². The highest BCUT2D eigenvalue weighted by atomic mass is 79.9. The monoisotopic (exact) mass is 301 g/mol. The molecule has 0 bridgehead atoms. The smallest absolute Gasteiger partial charge is 0.254 e. The summed E-state index contributed by atoms with van der Waals surface area (Å²) in [6.45, 7) is 4.85. The van der Waals surface area contributed by atoms with E-state index in [-0.39, 0.29) is 11.9 Å². The van der Waals surface area contributed by atoms with Gasteiger partial charge in [-0.15, -0.1) is 0 Å². The largest absolute Gasteiger partial charge is 0.336 e. The summed E-state index contributed by atoms with van der Waals surface area (Å²) in [5.74, 6) is 0.0886. The summed E-state index contributed by atoms with van der Waals surface area (Å²) >= 11 is 9.40. The van der Waals surface area contributed by atoms with Gasteiger partial charge in [-0.3, -0.25) is 4.79 Å². The first-order valence-electron chi connectivity index (χ1n) is 5.29. The van der Waals surface area contributed by atoms with Crippen molar-refractivity contribution in [1.82, 2.24) is 4.90 Å². The highest BCUT2D eigenvalue weighted by molar-refractivity contribution is 9.10. The number of carbonyl (C=O) groups excluding carboxylic acids is 1.